The van der Waals surface area contributed by atoms with Crippen LogP contribution >= 0.6 is 0 Å². The van der Waals surface area contributed by atoms with Crippen molar-refractivity contribution in [2.45, 2.75) is 19.4 Å². The van der Waals surface area contributed by atoms with Gasteiger partial charge in [-0.05, 0) is 36.8 Å². The predicted octanol–water partition coefficient (Wildman–Crippen LogP) is 2.93. The number of carbonyl (C=O) groups excluding carboxylic acids is 1. The number of hydrogen-bond donors (Lipinski definition) is 1. The van der Waals surface area contributed by atoms with Gasteiger partial charge in [-0.3, -0.25) is 0 Å². The number of fused-ring (bicyclic) bond motifs is 1. The Morgan fingerprint density at radius 3 is 2.67 bits per heavy atom. The lowest BCUT2D eigenvalue weighted by molar-refractivity contribution is -0.0214. The van der Waals surface area contributed by atoms with Crippen LogP contribution in [0.5, 0.6) is 0 Å². The zero-order valence-electron chi connectivity index (χ0n) is 19.9. The van der Waals surface area contributed by atoms with E-state index in [0.29, 0.717) is 24.4 Å². The van der Waals surface area contributed by atoms with Crippen molar-refractivity contribution in [3.05, 3.63) is 59.2 Å². The Labute approximate surface area is 205 Å². The van der Waals surface area contributed by atoms with E-state index in [2.05, 4.69) is 4.98 Å². The summed E-state index contributed by atoms with van der Waals surface area (Å²) in [6, 6.07) is 6.05. The van der Waals surface area contributed by atoms with E-state index in [9.17, 15) is 14.7 Å². The third-order valence-corrected chi connectivity index (χ3v) is 6.65. The maximum atomic E-state index is 15.6. The first kappa shape index (κ1) is 23.8. The fraction of sp³-hybridized carbons (Fsp3) is 0.360. The molecule has 2 aromatic heterocycles. The molecule has 0 aliphatic carbocycles. The van der Waals surface area contributed by atoms with Gasteiger partial charge in [0, 0.05) is 45.0 Å². The van der Waals surface area contributed by atoms with Gasteiger partial charge in [-0.15, -0.1) is 0 Å². The molecule has 5 rings (SSSR count). The van der Waals surface area contributed by atoms with E-state index in [1.54, 1.807) is 22.5 Å². The number of likely N-dealkylation sites (N-methyl/N-ethyl adjacent to an activating group) is 1. The fourth-order valence-corrected chi connectivity index (χ4v) is 4.82. The summed E-state index contributed by atoms with van der Waals surface area (Å²) in [5.41, 5.74) is 2.01. The third kappa shape index (κ3) is 4.16. The van der Waals surface area contributed by atoms with E-state index in [4.69, 9.17) is 4.74 Å². The Morgan fingerprint density at radius 2 is 1.97 bits per heavy atom. The van der Waals surface area contributed by atoms with Crippen molar-refractivity contribution in [3.63, 3.8) is 0 Å². The van der Waals surface area contributed by atoms with Gasteiger partial charge in [-0.25, -0.2) is 23.4 Å². The molecule has 0 saturated carbocycles. The summed E-state index contributed by atoms with van der Waals surface area (Å²) in [6.07, 6.45) is 0.445. The minimum absolute atomic E-state index is 0.128. The van der Waals surface area contributed by atoms with Crippen molar-refractivity contribution in [1.29, 1.82) is 0 Å². The number of amides is 1. The number of ether oxygens (including phenoxy) is 1. The van der Waals surface area contributed by atoms with Gasteiger partial charge < -0.3 is 28.9 Å². The quantitative estimate of drug-likeness (QED) is 0.555. The molecule has 2 aliphatic rings. The van der Waals surface area contributed by atoms with Crippen LogP contribution in [-0.2, 0) is 16.0 Å². The number of aromatic nitrogens is 2. The largest absolute Gasteiger partial charge is 0.465 e. The number of anilines is 1. The average molecular weight is 498 g/mol. The number of carboxylic acid groups (broad SMARTS) is 1. The lowest BCUT2D eigenvalue weighted by Gasteiger charge is -2.31. The first-order valence-corrected chi connectivity index (χ1v) is 11.6. The summed E-state index contributed by atoms with van der Waals surface area (Å²) < 4.78 is 38.7. The van der Waals surface area contributed by atoms with Crippen LogP contribution in [-0.4, -0.2) is 82.3 Å². The van der Waals surface area contributed by atoms with Gasteiger partial charge in [0.05, 0.1) is 36.2 Å². The summed E-state index contributed by atoms with van der Waals surface area (Å²) in [5.74, 6) is 0.412. The summed E-state index contributed by atoms with van der Waals surface area (Å²) in [6.45, 7) is 3.46. The minimum Gasteiger partial charge on any atom is -0.465 e. The molecule has 0 bridgehead atoms. The van der Waals surface area contributed by atoms with Crippen molar-refractivity contribution >= 4 is 23.4 Å². The second-order valence-corrected chi connectivity index (χ2v) is 9.05. The standard InChI is InChI=1S/C25H25F2N5O4/c1-15-3-4-32-20(12-17-13-30(25(34)35)7-8-36-17)24(28-21(32)9-15)23-18(26)10-16(11-19(23)27)31-6-5-29(2)22(31)14-33/h3-4,9-11,17H,5-8,12-13H2,1-2H3,(H,34,35)/t17-/m0/s1. The molecule has 4 heterocycles. The maximum Gasteiger partial charge on any atom is 0.407 e. The number of nitrogens with zero attached hydrogens (tertiary/aromatic N) is 5. The van der Waals surface area contributed by atoms with E-state index in [1.807, 2.05) is 25.0 Å². The monoisotopic (exact) mass is 497 g/mol. The van der Waals surface area contributed by atoms with Crippen molar-refractivity contribution < 1.29 is 28.2 Å². The van der Waals surface area contributed by atoms with Crippen LogP contribution < -0.4 is 4.90 Å². The van der Waals surface area contributed by atoms with Gasteiger partial charge in [0.1, 0.15) is 17.3 Å². The number of pyridine rings is 1. The number of imidazole rings is 1. The molecule has 1 amide bonds. The lowest BCUT2D eigenvalue weighted by atomic mass is 10.0. The number of hydrogen-bond acceptors (Lipinski definition) is 6. The van der Waals surface area contributed by atoms with Crippen LogP contribution in [0.1, 0.15) is 11.3 Å². The molecule has 9 nitrogen and oxygen atoms in total. The Hall–Kier alpha value is -3.95. The van der Waals surface area contributed by atoms with Gasteiger partial charge in [0.15, 0.2) is 11.8 Å². The van der Waals surface area contributed by atoms with Crippen molar-refractivity contribution in [2.75, 3.05) is 44.7 Å². The molecule has 0 radical (unpaired) electrons. The highest BCUT2D eigenvalue weighted by atomic mass is 19.1. The number of benzene rings is 1. The molecule has 188 valence electrons. The molecule has 1 N–H and O–H groups in total. The topological polar surface area (TPSA) is 90.6 Å². The predicted molar refractivity (Wildman–Crippen MR) is 128 cm³/mol. The minimum atomic E-state index is -1.04. The highest BCUT2D eigenvalue weighted by molar-refractivity contribution is 5.73. The zero-order valence-corrected chi connectivity index (χ0v) is 19.9. The molecule has 36 heavy (non-hydrogen) atoms. The number of halogens is 2. The van der Waals surface area contributed by atoms with Crippen LogP contribution in [0.15, 0.2) is 36.3 Å². The smallest absolute Gasteiger partial charge is 0.407 e. The number of rotatable bonds is 4. The molecular weight excluding hydrogens is 472 g/mol. The van der Waals surface area contributed by atoms with Crippen LogP contribution in [0.4, 0.5) is 19.3 Å². The van der Waals surface area contributed by atoms with Gasteiger partial charge in [-0.1, -0.05) is 0 Å². The molecule has 11 heteroatoms. The molecule has 2 aliphatic heterocycles. The first-order chi connectivity index (χ1) is 17.3. The van der Waals surface area contributed by atoms with Crippen LogP contribution in [0.3, 0.4) is 0 Å². The maximum absolute atomic E-state index is 15.6. The van der Waals surface area contributed by atoms with E-state index in [-0.39, 0.29) is 48.9 Å². The van der Waals surface area contributed by atoms with E-state index in [1.165, 1.54) is 21.9 Å². The second kappa shape index (κ2) is 9.25. The van der Waals surface area contributed by atoms with Crippen molar-refractivity contribution in [3.8, 4) is 11.3 Å². The van der Waals surface area contributed by atoms with Crippen LogP contribution in [0.2, 0.25) is 0 Å². The molecule has 0 spiro atoms. The van der Waals surface area contributed by atoms with Crippen molar-refractivity contribution in [1.82, 2.24) is 19.2 Å². The molecule has 1 atom stereocenters. The zero-order chi connectivity index (χ0) is 25.6. The van der Waals surface area contributed by atoms with Crippen molar-refractivity contribution in [2.24, 2.45) is 0 Å². The van der Waals surface area contributed by atoms with Gasteiger partial charge >= 0.3 is 6.09 Å². The average Bonchev–Trinajstić information content (AvgIpc) is 3.38. The van der Waals surface area contributed by atoms with E-state index < -0.39 is 23.8 Å². The Kier molecular flexibility index (Phi) is 6.11. The number of carbonyl (C=O) groups is 1. The highest BCUT2D eigenvalue weighted by Gasteiger charge is 2.30. The molecule has 2 fully saturated rings. The SMILES string of the molecule is Cc1ccn2c(C[C@H]3CN(C(=O)O)CCO3)c(-c3c(F)cc(N4CCN(C)C4=C=O)cc3F)nc2c1. The van der Waals surface area contributed by atoms with E-state index >= 15 is 8.78 Å². The fourth-order valence-electron chi connectivity index (χ4n) is 4.82. The van der Waals surface area contributed by atoms with Crippen LogP contribution in [0, 0.1) is 18.6 Å². The molecule has 2 saturated heterocycles. The second-order valence-electron chi connectivity index (χ2n) is 9.05. The number of morpholine rings is 1. The summed E-state index contributed by atoms with van der Waals surface area (Å²) in [7, 11) is 1.71. The summed E-state index contributed by atoms with van der Waals surface area (Å²) in [5, 5.41) is 9.38. The highest BCUT2D eigenvalue weighted by Crippen LogP contribution is 2.35. The van der Waals surface area contributed by atoms with Gasteiger partial charge in [-0.2, -0.15) is 0 Å². The number of aryl methyl sites for hydroxylation is 1. The summed E-state index contributed by atoms with van der Waals surface area (Å²) >= 11 is 0. The molecule has 0 unspecified atom stereocenters. The Balaban J connectivity index is 1.58. The normalized spacial score (nSPS) is 18.3. The lowest BCUT2D eigenvalue weighted by Crippen LogP contribution is -2.45. The Bertz CT molecular complexity index is 1380. The third-order valence-electron chi connectivity index (χ3n) is 6.65. The molecular formula is C25H25F2N5O4. The Morgan fingerprint density at radius 1 is 1.22 bits per heavy atom. The first-order valence-electron chi connectivity index (χ1n) is 11.6. The van der Waals surface area contributed by atoms with Crippen LogP contribution in [0.25, 0.3) is 16.9 Å². The van der Waals surface area contributed by atoms with Gasteiger partial charge in [0.2, 0.25) is 0 Å². The molecule has 3 aromatic rings. The summed E-state index contributed by atoms with van der Waals surface area (Å²) in [4.78, 5) is 31.9. The van der Waals surface area contributed by atoms with E-state index in [0.717, 1.165) is 5.56 Å². The molecule has 1 aromatic carbocycles. The van der Waals surface area contributed by atoms with Gasteiger partial charge in [0.25, 0.3) is 0 Å².